The summed E-state index contributed by atoms with van der Waals surface area (Å²) in [5.41, 5.74) is -6.47. The van der Waals surface area contributed by atoms with Gasteiger partial charge in [-0.2, -0.15) is 21.6 Å². The third-order valence-electron chi connectivity index (χ3n) is 3.41. The zero-order valence-electron chi connectivity index (χ0n) is 11.7. The molecule has 0 aromatic heterocycles. The Labute approximate surface area is 129 Å². The normalized spacial score (nSPS) is 21.9. The number of nitrogens with zero attached hydrogens (tertiary/aromatic N) is 1. The van der Waals surface area contributed by atoms with Gasteiger partial charge in [0.1, 0.15) is 5.76 Å². The number of carboxylic acid groups (broad SMARTS) is 1. The molecule has 1 unspecified atom stereocenters. The van der Waals surface area contributed by atoms with E-state index in [2.05, 4.69) is 4.18 Å². The van der Waals surface area contributed by atoms with Crippen LogP contribution in [0.15, 0.2) is 42.2 Å². The van der Waals surface area contributed by atoms with Crippen molar-refractivity contribution in [2.45, 2.75) is 18.0 Å². The van der Waals surface area contributed by atoms with Crippen molar-refractivity contribution in [3.05, 3.63) is 47.7 Å². The summed E-state index contributed by atoms with van der Waals surface area (Å²) in [6, 6.07) is 8.09. The number of amides is 1. The van der Waals surface area contributed by atoms with E-state index in [1.54, 1.807) is 30.3 Å². The molecule has 1 aromatic carbocycles. The van der Waals surface area contributed by atoms with Gasteiger partial charge in [-0.05, 0) is 18.6 Å². The lowest BCUT2D eigenvalue weighted by Gasteiger charge is -2.32. The second kappa shape index (κ2) is 5.44. The first-order chi connectivity index (χ1) is 10.5. The van der Waals surface area contributed by atoms with Crippen LogP contribution in [0, 0.1) is 0 Å². The maximum atomic E-state index is 12.4. The van der Waals surface area contributed by atoms with Crippen LogP contribution in [0.5, 0.6) is 0 Å². The van der Waals surface area contributed by atoms with E-state index in [0.29, 0.717) is 5.56 Å². The monoisotopic (exact) mass is 351 g/mol. The number of carbonyl (C=O) groups is 1. The fraction of sp³-hybridized carbons (Fsp3) is 0.308. The summed E-state index contributed by atoms with van der Waals surface area (Å²) in [6.45, 7) is 0.822. The van der Waals surface area contributed by atoms with E-state index in [4.69, 9.17) is 0 Å². The van der Waals surface area contributed by atoms with Gasteiger partial charge >= 0.3 is 21.7 Å². The first-order valence-electron chi connectivity index (χ1n) is 6.26. The lowest BCUT2D eigenvalue weighted by atomic mass is 9.92. The van der Waals surface area contributed by atoms with Gasteiger partial charge in [-0.25, -0.2) is 4.79 Å². The number of halogens is 3. The first-order valence-corrected chi connectivity index (χ1v) is 7.67. The molecule has 23 heavy (non-hydrogen) atoms. The predicted molar refractivity (Wildman–Crippen MR) is 72.7 cm³/mol. The van der Waals surface area contributed by atoms with Gasteiger partial charge in [0.15, 0.2) is 0 Å². The van der Waals surface area contributed by atoms with Crippen molar-refractivity contribution in [3.8, 4) is 0 Å². The average Bonchev–Trinajstić information content (AvgIpc) is 2.76. The van der Waals surface area contributed by atoms with E-state index in [1.165, 1.54) is 6.92 Å². The van der Waals surface area contributed by atoms with E-state index in [0.717, 1.165) is 11.0 Å². The SMILES string of the molecule is CC1(c2ccccc2)C=C(OS(=O)(=O)C(F)(F)F)CN1C(=O)O. The van der Waals surface area contributed by atoms with Crippen molar-refractivity contribution in [2.75, 3.05) is 6.54 Å². The number of hydrogen-bond donors (Lipinski definition) is 1. The fourth-order valence-electron chi connectivity index (χ4n) is 2.28. The third-order valence-corrected chi connectivity index (χ3v) is 4.41. The Morgan fingerprint density at radius 1 is 1.30 bits per heavy atom. The Bertz CT molecular complexity index is 745. The van der Waals surface area contributed by atoms with Crippen LogP contribution in [0.2, 0.25) is 0 Å². The highest BCUT2D eigenvalue weighted by Crippen LogP contribution is 2.38. The maximum Gasteiger partial charge on any atom is 0.534 e. The molecule has 1 aliphatic heterocycles. The average molecular weight is 351 g/mol. The molecular formula is C13H12F3NO5S. The van der Waals surface area contributed by atoms with Crippen LogP contribution < -0.4 is 0 Å². The van der Waals surface area contributed by atoms with Gasteiger partial charge in [-0.3, -0.25) is 4.90 Å². The van der Waals surface area contributed by atoms with Crippen LogP contribution >= 0.6 is 0 Å². The van der Waals surface area contributed by atoms with E-state index in [-0.39, 0.29) is 0 Å². The molecule has 0 bridgehead atoms. The smallest absolute Gasteiger partial charge is 0.465 e. The van der Waals surface area contributed by atoms with Crippen LogP contribution in [0.3, 0.4) is 0 Å². The first kappa shape index (κ1) is 17.1. The number of alkyl halides is 3. The van der Waals surface area contributed by atoms with Crippen LogP contribution in [-0.4, -0.2) is 36.6 Å². The number of benzene rings is 1. The zero-order chi connectivity index (χ0) is 17.5. The molecule has 1 N–H and O–H groups in total. The molecule has 126 valence electrons. The molecule has 0 saturated carbocycles. The van der Waals surface area contributed by atoms with Crippen LogP contribution in [0.4, 0.5) is 18.0 Å². The zero-order valence-corrected chi connectivity index (χ0v) is 12.6. The molecule has 2 rings (SSSR count). The summed E-state index contributed by atoms with van der Waals surface area (Å²) >= 11 is 0. The summed E-state index contributed by atoms with van der Waals surface area (Å²) in [6.07, 6.45) is -0.365. The standard InChI is InChI=1S/C13H12F3NO5S/c1-12(9-5-3-2-4-6-9)7-10(8-17(12)11(18)19)22-23(20,21)13(14,15)16/h2-7H,8H2,1H3,(H,18,19). The van der Waals surface area contributed by atoms with Crippen molar-refractivity contribution < 1.29 is 35.7 Å². The van der Waals surface area contributed by atoms with Crippen molar-refractivity contribution in [1.29, 1.82) is 0 Å². The molecule has 1 aromatic rings. The van der Waals surface area contributed by atoms with Gasteiger partial charge in [0.2, 0.25) is 0 Å². The summed E-state index contributed by atoms with van der Waals surface area (Å²) in [7, 11) is -5.85. The number of rotatable bonds is 3. The largest absolute Gasteiger partial charge is 0.534 e. The Balaban J connectivity index is 2.42. The molecular weight excluding hydrogens is 339 g/mol. The van der Waals surface area contributed by atoms with Gasteiger partial charge in [-0.15, -0.1) is 0 Å². The van der Waals surface area contributed by atoms with E-state index >= 15 is 0 Å². The lowest BCUT2D eigenvalue weighted by Crippen LogP contribution is -2.42. The number of hydrogen-bond acceptors (Lipinski definition) is 4. The minimum absolute atomic E-state index is 0.463. The molecule has 0 spiro atoms. The topological polar surface area (TPSA) is 83.9 Å². The second-order valence-corrected chi connectivity index (χ2v) is 6.51. The molecule has 0 saturated heterocycles. The molecule has 1 heterocycles. The molecule has 1 atom stereocenters. The van der Waals surface area contributed by atoms with Gasteiger partial charge in [0, 0.05) is 0 Å². The Morgan fingerprint density at radius 3 is 2.35 bits per heavy atom. The second-order valence-electron chi connectivity index (χ2n) is 4.98. The van der Waals surface area contributed by atoms with Gasteiger partial charge in [-0.1, -0.05) is 30.3 Å². The van der Waals surface area contributed by atoms with Crippen LogP contribution in [0.1, 0.15) is 12.5 Å². The highest BCUT2D eigenvalue weighted by molar-refractivity contribution is 7.87. The van der Waals surface area contributed by atoms with Crippen LogP contribution in [0.25, 0.3) is 0 Å². The van der Waals surface area contributed by atoms with E-state index in [1.807, 2.05) is 0 Å². The quantitative estimate of drug-likeness (QED) is 0.669. The minimum atomic E-state index is -5.85. The molecule has 0 radical (unpaired) electrons. The van der Waals surface area contributed by atoms with Gasteiger partial charge < -0.3 is 9.29 Å². The Morgan fingerprint density at radius 2 is 1.87 bits per heavy atom. The van der Waals surface area contributed by atoms with Crippen molar-refractivity contribution in [2.24, 2.45) is 0 Å². The summed E-state index contributed by atoms with van der Waals surface area (Å²) in [4.78, 5) is 12.2. The Hall–Kier alpha value is -2.23. The van der Waals surface area contributed by atoms with E-state index in [9.17, 15) is 31.5 Å². The van der Waals surface area contributed by atoms with Gasteiger partial charge in [0.25, 0.3) is 0 Å². The summed E-state index contributed by atoms with van der Waals surface area (Å²) in [5, 5.41) is 9.25. The van der Waals surface area contributed by atoms with Gasteiger partial charge in [0.05, 0.1) is 12.1 Å². The summed E-state index contributed by atoms with van der Waals surface area (Å²) < 4.78 is 63.4. The molecule has 0 aliphatic carbocycles. The van der Waals surface area contributed by atoms with E-state index < -0.39 is 39.6 Å². The maximum absolute atomic E-state index is 12.4. The fourth-order valence-corrected chi connectivity index (χ4v) is 2.75. The predicted octanol–water partition coefficient (Wildman–Crippen LogP) is 2.65. The summed E-state index contributed by atoms with van der Waals surface area (Å²) in [5.74, 6) is -0.601. The lowest BCUT2D eigenvalue weighted by molar-refractivity contribution is -0.0523. The highest BCUT2D eigenvalue weighted by Gasteiger charge is 2.51. The highest BCUT2D eigenvalue weighted by atomic mass is 32.2. The Kier molecular flexibility index (Phi) is 4.05. The molecule has 1 amide bonds. The molecule has 1 aliphatic rings. The molecule has 0 fully saturated rings. The molecule has 10 heteroatoms. The van der Waals surface area contributed by atoms with Crippen LogP contribution in [-0.2, 0) is 19.8 Å². The van der Waals surface area contributed by atoms with Crippen molar-refractivity contribution >= 4 is 16.2 Å². The van der Waals surface area contributed by atoms with Crippen molar-refractivity contribution in [1.82, 2.24) is 4.90 Å². The molecule has 6 nitrogen and oxygen atoms in total. The van der Waals surface area contributed by atoms with Crippen molar-refractivity contribution in [3.63, 3.8) is 0 Å². The third kappa shape index (κ3) is 3.11. The minimum Gasteiger partial charge on any atom is -0.465 e.